The van der Waals surface area contributed by atoms with Crippen LogP contribution in [0, 0.1) is 21.4 Å². The summed E-state index contributed by atoms with van der Waals surface area (Å²) in [4.78, 5) is 20.9. The lowest BCUT2D eigenvalue weighted by atomic mass is 10.2. The van der Waals surface area contributed by atoms with Gasteiger partial charge in [-0.1, -0.05) is 0 Å². The molecule has 2 N–H and O–H groups in total. The molecule has 16 heavy (non-hydrogen) atoms. The lowest BCUT2D eigenvalue weighted by molar-refractivity contribution is -0.384. The Kier molecular flexibility index (Phi) is 3.40. The number of carbonyl (C=O) groups is 1. The number of aromatic hydroxyl groups is 1. The number of hydrogen-bond acceptors (Lipinski definition) is 5. The van der Waals surface area contributed by atoms with E-state index in [0.717, 1.165) is 6.07 Å². The van der Waals surface area contributed by atoms with Gasteiger partial charge in [-0.25, -0.2) is 0 Å². The average Bonchev–Trinajstić information content (AvgIpc) is 2.20. The zero-order chi connectivity index (χ0) is 12.1. The van der Waals surface area contributed by atoms with Gasteiger partial charge in [0, 0.05) is 0 Å². The standard InChI is InChI=1S/C9H7N3O4/c10-4-3-9(14)11-7-2-1-6(13)5-8(7)12(15)16/h1-2,5,13H,3H2,(H,11,14). The van der Waals surface area contributed by atoms with Crippen LogP contribution in [0.25, 0.3) is 0 Å². The fourth-order valence-electron chi connectivity index (χ4n) is 1.04. The van der Waals surface area contributed by atoms with Gasteiger partial charge < -0.3 is 10.4 Å². The smallest absolute Gasteiger partial charge is 0.296 e. The number of carbonyl (C=O) groups excluding carboxylic acids is 1. The van der Waals surface area contributed by atoms with Gasteiger partial charge >= 0.3 is 0 Å². The predicted molar refractivity (Wildman–Crippen MR) is 53.6 cm³/mol. The maximum Gasteiger partial charge on any atom is 0.296 e. The molecule has 0 fully saturated rings. The van der Waals surface area contributed by atoms with Crippen molar-refractivity contribution in [2.24, 2.45) is 0 Å². The second-order valence-electron chi connectivity index (χ2n) is 2.84. The largest absolute Gasteiger partial charge is 0.508 e. The highest BCUT2D eigenvalue weighted by Crippen LogP contribution is 2.28. The molecule has 7 heteroatoms. The van der Waals surface area contributed by atoms with Gasteiger partial charge in [-0.2, -0.15) is 5.26 Å². The van der Waals surface area contributed by atoms with Gasteiger partial charge in [0.1, 0.15) is 17.9 Å². The van der Waals surface area contributed by atoms with Gasteiger partial charge in [0.2, 0.25) is 5.91 Å². The van der Waals surface area contributed by atoms with E-state index < -0.39 is 22.9 Å². The number of amides is 1. The molecular weight excluding hydrogens is 214 g/mol. The summed E-state index contributed by atoms with van der Waals surface area (Å²) in [6, 6.07) is 4.94. The first-order chi connectivity index (χ1) is 7.54. The van der Waals surface area contributed by atoms with Gasteiger partial charge in [0.25, 0.3) is 5.69 Å². The number of rotatable bonds is 3. The van der Waals surface area contributed by atoms with E-state index in [2.05, 4.69) is 5.32 Å². The van der Waals surface area contributed by atoms with Crippen molar-refractivity contribution in [3.63, 3.8) is 0 Å². The minimum Gasteiger partial charge on any atom is -0.508 e. The number of phenolic OH excluding ortho intramolecular Hbond substituents is 1. The van der Waals surface area contributed by atoms with Crippen molar-refractivity contribution < 1.29 is 14.8 Å². The monoisotopic (exact) mass is 221 g/mol. The molecule has 7 nitrogen and oxygen atoms in total. The van der Waals surface area contributed by atoms with E-state index in [1.807, 2.05) is 0 Å². The normalized spacial score (nSPS) is 9.19. The van der Waals surface area contributed by atoms with Crippen LogP contribution in [0.5, 0.6) is 5.75 Å². The minimum atomic E-state index is -0.734. The zero-order valence-electron chi connectivity index (χ0n) is 8.01. The second kappa shape index (κ2) is 4.75. The molecule has 1 rings (SSSR count). The summed E-state index contributed by atoms with van der Waals surface area (Å²) in [5.74, 6) is -0.915. The van der Waals surface area contributed by atoms with E-state index >= 15 is 0 Å². The van der Waals surface area contributed by atoms with Crippen LogP contribution in [-0.2, 0) is 4.79 Å². The van der Waals surface area contributed by atoms with Crippen molar-refractivity contribution in [1.82, 2.24) is 0 Å². The summed E-state index contributed by atoms with van der Waals surface area (Å²) >= 11 is 0. The third-order valence-electron chi connectivity index (χ3n) is 1.69. The third-order valence-corrected chi connectivity index (χ3v) is 1.69. The highest BCUT2D eigenvalue weighted by molar-refractivity contribution is 5.94. The van der Waals surface area contributed by atoms with Crippen LogP contribution in [0.3, 0.4) is 0 Å². The molecule has 0 aliphatic carbocycles. The average molecular weight is 221 g/mol. The van der Waals surface area contributed by atoms with Gasteiger partial charge in [-0.3, -0.25) is 14.9 Å². The zero-order valence-corrected chi connectivity index (χ0v) is 8.01. The molecule has 82 valence electrons. The van der Waals surface area contributed by atoms with Crippen LogP contribution in [0.15, 0.2) is 18.2 Å². The summed E-state index contributed by atoms with van der Waals surface area (Å²) in [7, 11) is 0. The first-order valence-corrected chi connectivity index (χ1v) is 4.19. The number of nitriles is 1. The Labute approximate surface area is 90.1 Å². The Bertz CT molecular complexity index is 478. The molecule has 0 unspecified atom stereocenters. The summed E-state index contributed by atoms with van der Waals surface area (Å²) in [5.41, 5.74) is -0.477. The molecule has 0 aromatic heterocycles. The van der Waals surface area contributed by atoms with Crippen molar-refractivity contribution in [3.05, 3.63) is 28.3 Å². The number of hydrogen-bond donors (Lipinski definition) is 2. The third kappa shape index (κ3) is 2.68. The lowest BCUT2D eigenvalue weighted by Gasteiger charge is -2.03. The summed E-state index contributed by atoms with van der Waals surface area (Å²) in [6.07, 6.45) is -0.391. The van der Waals surface area contributed by atoms with Crippen LogP contribution in [0.4, 0.5) is 11.4 Å². The Hall–Kier alpha value is -2.62. The highest BCUT2D eigenvalue weighted by atomic mass is 16.6. The van der Waals surface area contributed by atoms with Crippen molar-refractivity contribution in [3.8, 4) is 11.8 Å². The summed E-state index contributed by atoms with van der Waals surface area (Å²) < 4.78 is 0. The number of nitro groups is 1. The predicted octanol–water partition coefficient (Wildman–Crippen LogP) is 1.15. The van der Waals surface area contributed by atoms with Crippen molar-refractivity contribution in [2.75, 3.05) is 5.32 Å². The molecule has 0 aliphatic heterocycles. The van der Waals surface area contributed by atoms with Gasteiger partial charge in [0.05, 0.1) is 17.1 Å². The quantitative estimate of drug-likeness (QED) is 0.451. The summed E-state index contributed by atoms with van der Waals surface area (Å²) in [6.45, 7) is 0. The van der Waals surface area contributed by atoms with Crippen LogP contribution in [0.2, 0.25) is 0 Å². The Morgan fingerprint density at radius 2 is 2.31 bits per heavy atom. The molecule has 0 spiro atoms. The fraction of sp³-hybridized carbons (Fsp3) is 0.111. The van der Waals surface area contributed by atoms with Gasteiger partial charge in [0.15, 0.2) is 0 Å². The van der Waals surface area contributed by atoms with E-state index in [0.29, 0.717) is 0 Å². The fourth-order valence-corrected chi connectivity index (χ4v) is 1.04. The molecular formula is C9H7N3O4. The molecule has 0 saturated heterocycles. The van der Waals surface area contributed by atoms with Gasteiger partial charge in [-0.05, 0) is 12.1 Å². The van der Waals surface area contributed by atoms with Crippen LogP contribution >= 0.6 is 0 Å². The number of phenols is 1. The van der Waals surface area contributed by atoms with E-state index in [-0.39, 0.29) is 11.4 Å². The van der Waals surface area contributed by atoms with Crippen molar-refractivity contribution in [1.29, 1.82) is 5.26 Å². The number of anilines is 1. The maximum atomic E-state index is 11.1. The minimum absolute atomic E-state index is 0.0527. The molecule has 0 atom stereocenters. The Balaban J connectivity index is 3.00. The summed E-state index contributed by atoms with van der Waals surface area (Å²) in [5, 5.41) is 30.1. The van der Waals surface area contributed by atoms with Gasteiger partial charge in [-0.15, -0.1) is 0 Å². The number of nitro benzene ring substituents is 1. The molecule has 0 heterocycles. The Morgan fingerprint density at radius 1 is 1.62 bits per heavy atom. The van der Waals surface area contributed by atoms with E-state index in [1.54, 1.807) is 6.07 Å². The number of nitrogens with zero attached hydrogens (tertiary/aromatic N) is 2. The number of benzene rings is 1. The van der Waals surface area contributed by atoms with E-state index in [1.165, 1.54) is 12.1 Å². The first kappa shape index (κ1) is 11.5. The van der Waals surface area contributed by atoms with E-state index in [4.69, 9.17) is 10.4 Å². The van der Waals surface area contributed by atoms with Crippen molar-refractivity contribution >= 4 is 17.3 Å². The molecule has 0 radical (unpaired) electrons. The molecule has 1 aromatic carbocycles. The maximum absolute atomic E-state index is 11.1. The molecule has 1 amide bonds. The SMILES string of the molecule is N#CCC(=O)Nc1ccc(O)cc1[N+](=O)[O-]. The van der Waals surface area contributed by atoms with Crippen molar-refractivity contribution in [2.45, 2.75) is 6.42 Å². The van der Waals surface area contributed by atoms with Crippen LogP contribution in [0.1, 0.15) is 6.42 Å². The molecule has 1 aromatic rings. The highest BCUT2D eigenvalue weighted by Gasteiger charge is 2.16. The van der Waals surface area contributed by atoms with Crippen LogP contribution < -0.4 is 5.32 Å². The van der Waals surface area contributed by atoms with E-state index in [9.17, 15) is 14.9 Å². The molecule has 0 bridgehead atoms. The molecule has 0 aliphatic rings. The lowest BCUT2D eigenvalue weighted by Crippen LogP contribution is -2.11. The topological polar surface area (TPSA) is 116 Å². The Morgan fingerprint density at radius 3 is 2.88 bits per heavy atom. The van der Waals surface area contributed by atoms with Crippen LogP contribution in [-0.4, -0.2) is 15.9 Å². The molecule has 0 saturated carbocycles. The first-order valence-electron chi connectivity index (χ1n) is 4.19. The second-order valence-corrected chi connectivity index (χ2v) is 2.84. The number of nitrogens with one attached hydrogen (secondary N) is 1.